The molecule has 116 valence electrons. The maximum absolute atomic E-state index is 4.92. The zero-order chi connectivity index (χ0) is 16.4. The zero-order valence-electron chi connectivity index (χ0n) is 13.0. The van der Waals surface area contributed by atoms with Crippen molar-refractivity contribution in [2.24, 2.45) is 9.98 Å². The molecular formula is C21H15BrN2. The number of fused-ring (bicyclic) bond motifs is 1. The van der Waals surface area contributed by atoms with Gasteiger partial charge in [-0.05, 0) is 29.3 Å². The van der Waals surface area contributed by atoms with E-state index in [1.165, 1.54) is 0 Å². The van der Waals surface area contributed by atoms with Gasteiger partial charge in [0.2, 0.25) is 0 Å². The molecule has 0 N–H and O–H groups in total. The number of halogens is 1. The van der Waals surface area contributed by atoms with Gasteiger partial charge in [0, 0.05) is 10.9 Å². The molecular weight excluding hydrogens is 360 g/mol. The molecule has 4 rings (SSSR count). The molecule has 0 saturated carbocycles. The van der Waals surface area contributed by atoms with Crippen LogP contribution in [-0.2, 0) is 0 Å². The molecule has 0 saturated heterocycles. The van der Waals surface area contributed by atoms with Gasteiger partial charge in [-0.3, -0.25) is 9.98 Å². The summed E-state index contributed by atoms with van der Waals surface area (Å²) >= 11 is 3.53. The van der Waals surface area contributed by atoms with E-state index in [-0.39, 0.29) is 0 Å². The van der Waals surface area contributed by atoms with Crippen molar-refractivity contribution in [1.29, 1.82) is 0 Å². The second kappa shape index (κ2) is 6.54. The fraction of sp³-hybridized carbons (Fsp3) is 0.0476. The Labute approximate surface area is 149 Å². The van der Waals surface area contributed by atoms with Gasteiger partial charge in [0.15, 0.2) is 0 Å². The highest BCUT2D eigenvalue weighted by atomic mass is 79.9. The maximum atomic E-state index is 4.92. The highest BCUT2D eigenvalue weighted by Gasteiger charge is 2.16. The number of hydrogen-bond donors (Lipinski definition) is 0. The molecule has 1 aliphatic heterocycles. The van der Waals surface area contributed by atoms with Crippen molar-refractivity contribution in [2.45, 2.75) is 6.42 Å². The molecule has 1 heterocycles. The fourth-order valence-corrected chi connectivity index (χ4v) is 3.15. The van der Waals surface area contributed by atoms with Gasteiger partial charge < -0.3 is 0 Å². The standard InChI is InChI=1S/C21H15BrN2/c22-17-11-12-18-21(13-17)24-20(16-9-5-2-6-10-16)14-19(23-18)15-7-3-1-4-8-15/h1-13H,14H2. The third-order valence-corrected chi connectivity index (χ3v) is 4.49. The Balaban J connectivity index is 1.89. The highest BCUT2D eigenvalue weighted by Crippen LogP contribution is 2.35. The van der Waals surface area contributed by atoms with Crippen molar-refractivity contribution in [1.82, 2.24) is 0 Å². The van der Waals surface area contributed by atoms with E-state index >= 15 is 0 Å². The van der Waals surface area contributed by atoms with Crippen LogP contribution >= 0.6 is 15.9 Å². The van der Waals surface area contributed by atoms with Gasteiger partial charge in [-0.15, -0.1) is 0 Å². The minimum Gasteiger partial charge on any atom is -0.250 e. The first-order chi connectivity index (χ1) is 11.8. The van der Waals surface area contributed by atoms with Crippen molar-refractivity contribution in [3.8, 4) is 0 Å². The van der Waals surface area contributed by atoms with Crippen molar-refractivity contribution in [3.63, 3.8) is 0 Å². The lowest BCUT2D eigenvalue weighted by atomic mass is 10.00. The lowest BCUT2D eigenvalue weighted by Crippen LogP contribution is -2.09. The van der Waals surface area contributed by atoms with E-state index in [9.17, 15) is 0 Å². The molecule has 0 spiro atoms. The van der Waals surface area contributed by atoms with Crippen LogP contribution in [0.2, 0.25) is 0 Å². The van der Waals surface area contributed by atoms with Crippen LogP contribution in [-0.4, -0.2) is 11.4 Å². The number of rotatable bonds is 2. The summed E-state index contributed by atoms with van der Waals surface area (Å²) < 4.78 is 1.01. The molecule has 1 aliphatic rings. The molecule has 0 bridgehead atoms. The van der Waals surface area contributed by atoms with E-state index in [1.807, 2.05) is 54.6 Å². The zero-order valence-corrected chi connectivity index (χ0v) is 14.6. The Hall–Kier alpha value is -2.52. The van der Waals surface area contributed by atoms with Crippen LogP contribution < -0.4 is 0 Å². The van der Waals surface area contributed by atoms with E-state index in [4.69, 9.17) is 9.98 Å². The number of nitrogens with zero attached hydrogens (tertiary/aromatic N) is 2. The van der Waals surface area contributed by atoms with Gasteiger partial charge in [-0.1, -0.05) is 76.6 Å². The van der Waals surface area contributed by atoms with Gasteiger partial charge >= 0.3 is 0 Å². The quantitative estimate of drug-likeness (QED) is 0.518. The molecule has 0 fully saturated rings. The van der Waals surface area contributed by atoms with Crippen molar-refractivity contribution < 1.29 is 0 Å². The average molecular weight is 375 g/mol. The smallest absolute Gasteiger partial charge is 0.0901 e. The van der Waals surface area contributed by atoms with Crippen molar-refractivity contribution in [3.05, 3.63) is 94.5 Å². The lowest BCUT2D eigenvalue weighted by Gasteiger charge is -2.07. The minimum absolute atomic E-state index is 0.709. The lowest BCUT2D eigenvalue weighted by molar-refractivity contribution is 1.44. The molecule has 0 unspecified atom stereocenters. The minimum atomic E-state index is 0.709. The van der Waals surface area contributed by atoms with Crippen LogP contribution in [0.15, 0.2) is 93.3 Å². The molecule has 3 aromatic carbocycles. The van der Waals surface area contributed by atoms with Gasteiger partial charge in [-0.25, -0.2) is 0 Å². The van der Waals surface area contributed by atoms with Crippen LogP contribution in [0.3, 0.4) is 0 Å². The number of benzene rings is 3. The summed E-state index contributed by atoms with van der Waals surface area (Å²) in [6.07, 6.45) is 0.709. The average Bonchev–Trinajstić information content (AvgIpc) is 2.82. The van der Waals surface area contributed by atoms with Crippen molar-refractivity contribution >= 4 is 38.7 Å². The molecule has 3 heteroatoms. The largest absolute Gasteiger partial charge is 0.250 e. The highest BCUT2D eigenvalue weighted by molar-refractivity contribution is 9.10. The van der Waals surface area contributed by atoms with Gasteiger partial charge in [0.25, 0.3) is 0 Å². The third-order valence-electron chi connectivity index (χ3n) is 4.00. The Kier molecular flexibility index (Phi) is 4.09. The molecule has 0 aromatic heterocycles. The third kappa shape index (κ3) is 3.08. The molecule has 2 nitrogen and oxygen atoms in total. The predicted octanol–water partition coefficient (Wildman–Crippen LogP) is 6.09. The normalized spacial score (nSPS) is 13.5. The van der Waals surface area contributed by atoms with Gasteiger partial charge in [0.1, 0.15) is 0 Å². The fourth-order valence-electron chi connectivity index (χ4n) is 2.80. The predicted molar refractivity (Wildman–Crippen MR) is 104 cm³/mol. The first-order valence-corrected chi connectivity index (χ1v) is 8.64. The molecule has 3 aromatic rings. The summed E-state index contributed by atoms with van der Waals surface area (Å²) in [4.78, 5) is 9.83. The second-order valence-electron chi connectivity index (χ2n) is 5.66. The van der Waals surface area contributed by atoms with Crippen LogP contribution in [0, 0.1) is 0 Å². The number of hydrogen-bond acceptors (Lipinski definition) is 2. The monoisotopic (exact) mass is 374 g/mol. The first-order valence-electron chi connectivity index (χ1n) is 7.85. The van der Waals surface area contributed by atoms with E-state index < -0.39 is 0 Å². The summed E-state index contributed by atoms with van der Waals surface area (Å²) in [6.45, 7) is 0. The summed E-state index contributed by atoms with van der Waals surface area (Å²) in [5.41, 5.74) is 6.15. The SMILES string of the molecule is Brc1ccc2c(c1)N=C(c1ccccc1)CC(c1ccccc1)=N2. The first kappa shape index (κ1) is 15.0. The second-order valence-corrected chi connectivity index (χ2v) is 6.57. The Bertz CT molecular complexity index is 929. The Morgan fingerprint density at radius 2 is 1.17 bits per heavy atom. The molecule has 0 aliphatic carbocycles. The summed E-state index contributed by atoms with van der Waals surface area (Å²) in [5.74, 6) is 0. The van der Waals surface area contributed by atoms with E-state index in [1.54, 1.807) is 0 Å². The Morgan fingerprint density at radius 3 is 1.75 bits per heavy atom. The Morgan fingerprint density at radius 1 is 0.625 bits per heavy atom. The summed E-state index contributed by atoms with van der Waals surface area (Å²) in [6, 6.07) is 26.7. The van der Waals surface area contributed by atoms with Crippen molar-refractivity contribution in [2.75, 3.05) is 0 Å². The van der Waals surface area contributed by atoms with Gasteiger partial charge in [-0.2, -0.15) is 0 Å². The van der Waals surface area contributed by atoms with Gasteiger partial charge in [0.05, 0.1) is 22.8 Å². The van der Waals surface area contributed by atoms with E-state index in [2.05, 4.69) is 40.2 Å². The molecule has 24 heavy (non-hydrogen) atoms. The van der Waals surface area contributed by atoms with Crippen LogP contribution in [0.25, 0.3) is 0 Å². The summed E-state index contributed by atoms with van der Waals surface area (Å²) in [5, 5.41) is 0. The van der Waals surface area contributed by atoms with E-state index in [0.29, 0.717) is 6.42 Å². The van der Waals surface area contributed by atoms with E-state index in [0.717, 1.165) is 38.4 Å². The van der Waals surface area contributed by atoms with Crippen LogP contribution in [0.4, 0.5) is 11.4 Å². The summed E-state index contributed by atoms with van der Waals surface area (Å²) in [7, 11) is 0. The van der Waals surface area contributed by atoms with Crippen LogP contribution in [0.1, 0.15) is 17.5 Å². The van der Waals surface area contributed by atoms with Crippen LogP contribution in [0.5, 0.6) is 0 Å². The molecule has 0 amide bonds. The topological polar surface area (TPSA) is 24.7 Å². The number of aliphatic imine (C=N–C) groups is 2. The molecule has 0 radical (unpaired) electrons. The molecule has 0 atom stereocenters. The maximum Gasteiger partial charge on any atom is 0.0901 e.